The second-order valence-corrected chi connectivity index (χ2v) is 11.0. The lowest BCUT2D eigenvalue weighted by atomic mass is 9.95. The summed E-state index contributed by atoms with van der Waals surface area (Å²) in [5.74, 6) is -2.87. The van der Waals surface area contributed by atoms with Crippen LogP contribution < -0.4 is 10.6 Å². The Morgan fingerprint density at radius 2 is 1.00 bits per heavy atom. The molecule has 0 heterocycles. The first kappa shape index (κ1) is 31.8. The Hall–Kier alpha value is -2.70. The van der Waals surface area contributed by atoms with Gasteiger partial charge in [-0.1, -0.05) is 12.1 Å². The Morgan fingerprint density at radius 1 is 0.575 bits per heavy atom. The Bertz CT molecular complexity index is 1290. The van der Waals surface area contributed by atoms with E-state index in [1.165, 1.54) is 0 Å². The van der Waals surface area contributed by atoms with Crippen molar-refractivity contribution in [2.75, 3.05) is 0 Å². The molecule has 2 unspecified atom stereocenters. The van der Waals surface area contributed by atoms with E-state index < -0.39 is 89.3 Å². The molecule has 3 rings (SSSR count). The average molecular weight is 618 g/mol. The molecular weight excluding hydrogens is 604 g/mol. The molecule has 2 atom stereocenters. The van der Waals surface area contributed by atoms with Crippen molar-refractivity contribution in [1.29, 1.82) is 0 Å². The van der Waals surface area contributed by atoms with Crippen LogP contribution in [0.15, 0.2) is 59.4 Å². The molecule has 0 radical (unpaired) electrons. The molecule has 40 heavy (non-hydrogen) atoms. The number of allylic oxidation sites excluding steroid dienone is 4. The zero-order chi connectivity index (χ0) is 30.6. The lowest BCUT2D eigenvalue weighted by Gasteiger charge is -2.31. The maximum atomic E-state index is 13.6. The summed E-state index contributed by atoms with van der Waals surface area (Å²) in [5.41, 5.74) is -7.47. The van der Waals surface area contributed by atoms with Crippen LogP contribution in [0.5, 0.6) is 0 Å². The zero-order valence-electron chi connectivity index (χ0n) is 19.5. The van der Waals surface area contributed by atoms with Crippen LogP contribution in [0.2, 0.25) is 0 Å². The van der Waals surface area contributed by atoms with E-state index >= 15 is 0 Å². The minimum Gasteiger partial charge on any atom is -0.170 e. The van der Waals surface area contributed by atoms with E-state index in [9.17, 15) is 65.9 Å². The number of rotatable bonds is 3. The Balaban J connectivity index is 2.44. The minimum absolute atomic E-state index is 0.0888. The number of benzene rings is 2. The number of hydrogen-bond acceptors (Lipinski definition) is 0. The van der Waals surface area contributed by atoms with E-state index in [-0.39, 0.29) is 35.9 Å². The fourth-order valence-corrected chi connectivity index (χ4v) is 6.68. The van der Waals surface area contributed by atoms with Crippen LogP contribution in [0.4, 0.5) is 65.9 Å². The lowest BCUT2D eigenvalue weighted by Crippen LogP contribution is -2.28. The van der Waals surface area contributed by atoms with E-state index in [4.69, 9.17) is 0 Å². The van der Waals surface area contributed by atoms with Crippen molar-refractivity contribution >= 4 is 18.5 Å². The van der Waals surface area contributed by atoms with Crippen molar-refractivity contribution in [2.45, 2.75) is 44.2 Å². The van der Waals surface area contributed by atoms with Gasteiger partial charge in [-0.25, -0.2) is 0 Å². The second-order valence-electron chi connectivity index (χ2n) is 8.76. The van der Waals surface area contributed by atoms with E-state index in [1.54, 1.807) is 0 Å². The Kier molecular flexibility index (Phi) is 8.19. The molecule has 16 heteroatoms. The quantitative estimate of drug-likeness (QED) is 0.238. The van der Waals surface area contributed by atoms with E-state index in [2.05, 4.69) is 0 Å². The molecule has 0 amide bonds. The van der Waals surface area contributed by atoms with Crippen LogP contribution in [0.25, 0.3) is 0 Å². The van der Waals surface area contributed by atoms with Gasteiger partial charge in [0.15, 0.2) is 0 Å². The predicted molar refractivity (Wildman–Crippen MR) is 115 cm³/mol. The number of hydrogen-bond donors (Lipinski definition) is 0. The van der Waals surface area contributed by atoms with Crippen LogP contribution in [0.3, 0.4) is 0 Å². The van der Waals surface area contributed by atoms with Crippen LogP contribution in [0, 0.1) is 12.8 Å². The minimum atomic E-state index is -5.45. The van der Waals surface area contributed by atoms with Gasteiger partial charge in [0.05, 0.1) is 28.2 Å². The fraction of sp³-hybridized carbons (Fsp3) is 0.333. The van der Waals surface area contributed by atoms with Crippen LogP contribution in [0.1, 0.15) is 28.7 Å². The maximum absolute atomic E-state index is 13.6. The van der Waals surface area contributed by atoms with Gasteiger partial charge in [-0.05, 0) is 79.2 Å². The van der Waals surface area contributed by atoms with Gasteiger partial charge in [0, 0.05) is 0 Å². The molecule has 0 saturated heterocycles. The van der Waals surface area contributed by atoms with E-state index in [0.717, 1.165) is 13.0 Å². The molecule has 220 valence electrons. The SMILES string of the molecule is Cc1cc(P(C2=CC(C(F)(F)F)=CC(C(F)(F)F)C2)c2cc(C(F)(F)F)cc(C(F)(F)F)c2)cc(C(F)(F)F)c1. The molecule has 2 aromatic rings. The van der Waals surface area contributed by atoms with Crippen molar-refractivity contribution in [2.24, 2.45) is 5.92 Å². The molecule has 0 spiro atoms. The Labute approximate surface area is 216 Å². The number of alkyl halides is 15. The van der Waals surface area contributed by atoms with Gasteiger partial charge < -0.3 is 0 Å². The molecule has 0 bridgehead atoms. The number of aryl methyl sites for hydroxylation is 1. The van der Waals surface area contributed by atoms with Crippen molar-refractivity contribution in [3.05, 3.63) is 81.7 Å². The highest BCUT2D eigenvalue weighted by Gasteiger charge is 2.46. The summed E-state index contributed by atoms with van der Waals surface area (Å²) in [4.78, 5) is 0. The molecule has 0 aromatic heterocycles. The maximum Gasteiger partial charge on any atom is 0.416 e. The van der Waals surface area contributed by atoms with Crippen LogP contribution >= 0.6 is 7.92 Å². The standard InChI is InChI=1S/C24H14F15P/c1-11-2-12(20(25,26)27)6-17(3-11)40(18-7-13(21(28,29)30)4-14(8-18)22(31,32)33)19-9-15(23(34,35)36)5-16(10-19)24(37,38)39/h2-9,16H,10H2,1H3. The lowest BCUT2D eigenvalue weighted by molar-refractivity contribution is -0.162. The van der Waals surface area contributed by atoms with Gasteiger partial charge in [0.2, 0.25) is 0 Å². The highest BCUT2D eigenvalue weighted by Crippen LogP contribution is 2.53. The summed E-state index contributed by atoms with van der Waals surface area (Å²) in [6.07, 6.45) is -28.2. The summed E-state index contributed by atoms with van der Waals surface area (Å²) < 4.78 is 203. The molecule has 0 nitrogen and oxygen atoms in total. The average Bonchev–Trinajstić information content (AvgIpc) is 2.75. The first-order chi connectivity index (χ1) is 17.9. The van der Waals surface area contributed by atoms with Gasteiger partial charge in [-0.2, -0.15) is 65.9 Å². The third-order valence-electron chi connectivity index (χ3n) is 5.65. The van der Waals surface area contributed by atoms with Crippen molar-refractivity contribution < 1.29 is 65.9 Å². The van der Waals surface area contributed by atoms with Gasteiger partial charge >= 0.3 is 30.9 Å². The molecule has 1 aliphatic rings. The zero-order valence-corrected chi connectivity index (χ0v) is 20.4. The van der Waals surface area contributed by atoms with Crippen LogP contribution in [-0.2, 0) is 18.5 Å². The first-order valence-electron chi connectivity index (χ1n) is 10.7. The van der Waals surface area contributed by atoms with Gasteiger partial charge in [-0.3, -0.25) is 0 Å². The summed E-state index contributed by atoms with van der Waals surface area (Å²) >= 11 is 0. The molecule has 1 aliphatic carbocycles. The normalized spacial score (nSPS) is 18.4. The third-order valence-corrected chi connectivity index (χ3v) is 8.08. The van der Waals surface area contributed by atoms with Crippen molar-refractivity contribution in [1.82, 2.24) is 0 Å². The molecule has 0 saturated carbocycles. The fourth-order valence-electron chi connectivity index (χ4n) is 3.93. The highest BCUT2D eigenvalue weighted by molar-refractivity contribution is 7.76. The highest BCUT2D eigenvalue weighted by atomic mass is 31.1. The number of halogens is 15. The van der Waals surface area contributed by atoms with Gasteiger partial charge in [0.1, 0.15) is 0 Å². The molecule has 0 aliphatic heterocycles. The summed E-state index contributed by atoms with van der Waals surface area (Å²) in [6.45, 7) is 1.06. The summed E-state index contributed by atoms with van der Waals surface area (Å²) in [7, 11) is -3.20. The predicted octanol–water partition coefficient (Wildman–Crippen LogP) is 9.44. The summed E-state index contributed by atoms with van der Waals surface area (Å²) in [5, 5.41) is -2.64. The van der Waals surface area contributed by atoms with Crippen molar-refractivity contribution in [3.8, 4) is 0 Å². The van der Waals surface area contributed by atoms with Gasteiger partial charge in [-0.15, -0.1) is 0 Å². The third kappa shape index (κ3) is 7.32. The second kappa shape index (κ2) is 10.3. The first-order valence-corrected chi connectivity index (χ1v) is 12.1. The largest absolute Gasteiger partial charge is 0.416 e. The molecule has 0 fully saturated rings. The molecular formula is C24H14F15P. The van der Waals surface area contributed by atoms with Crippen molar-refractivity contribution in [3.63, 3.8) is 0 Å². The van der Waals surface area contributed by atoms with Crippen LogP contribution in [-0.4, -0.2) is 12.4 Å². The molecule has 0 N–H and O–H groups in total. The Morgan fingerprint density at radius 3 is 1.40 bits per heavy atom. The van der Waals surface area contributed by atoms with E-state index in [0.29, 0.717) is 12.1 Å². The van der Waals surface area contributed by atoms with E-state index in [1.807, 2.05) is 0 Å². The molecule has 2 aromatic carbocycles. The topological polar surface area (TPSA) is 0 Å². The smallest absolute Gasteiger partial charge is 0.170 e. The monoisotopic (exact) mass is 618 g/mol. The van der Waals surface area contributed by atoms with Gasteiger partial charge in [0.25, 0.3) is 0 Å². The summed E-state index contributed by atoms with van der Waals surface area (Å²) in [6, 6.07) is 1.57.